The van der Waals surface area contributed by atoms with E-state index in [0.717, 1.165) is 19.6 Å². The van der Waals surface area contributed by atoms with Gasteiger partial charge in [0.15, 0.2) is 0 Å². The van der Waals surface area contributed by atoms with Gasteiger partial charge in [-0.15, -0.1) is 0 Å². The standard InChI is InChI=1S/C16H23N3O2/c1-20-13-16(21-2)10-17-8-15-9-18-19(12-15)11-14-6-4-3-5-7-14/h3-7,9,12,16-17H,8,10-11,13H2,1-2H3. The highest BCUT2D eigenvalue weighted by Crippen LogP contribution is 2.04. The van der Waals surface area contributed by atoms with E-state index in [2.05, 4.69) is 28.7 Å². The van der Waals surface area contributed by atoms with Gasteiger partial charge in [0.1, 0.15) is 0 Å². The van der Waals surface area contributed by atoms with Crippen LogP contribution in [0.3, 0.4) is 0 Å². The number of rotatable bonds is 9. The average Bonchev–Trinajstić information content (AvgIpc) is 2.95. The van der Waals surface area contributed by atoms with E-state index in [4.69, 9.17) is 9.47 Å². The lowest BCUT2D eigenvalue weighted by Gasteiger charge is -2.14. The summed E-state index contributed by atoms with van der Waals surface area (Å²) in [6.45, 7) is 2.93. The molecule has 0 saturated carbocycles. The molecule has 0 saturated heterocycles. The maximum absolute atomic E-state index is 5.30. The molecule has 0 amide bonds. The first-order valence-corrected chi connectivity index (χ1v) is 7.09. The lowest BCUT2D eigenvalue weighted by Crippen LogP contribution is -2.31. The van der Waals surface area contributed by atoms with Gasteiger partial charge < -0.3 is 14.8 Å². The second-order valence-corrected chi connectivity index (χ2v) is 4.98. The molecule has 5 nitrogen and oxygen atoms in total. The smallest absolute Gasteiger partial charge is 0.0928 e. The Hall–Kier alpha value is -1.69. The summed E-state index contributed by atoms with van der Waals surface area (Å²) in [7, 11) is 3.38. The molecule has 1 aromatic heterocycles. The zero-order valence-corrected chi connectivity index (χ0v) is 12.7. The zero-order valence-electron chi connectivity index (χ0n) is 12.7. The highest BCUT2D eigenvalue weighted by Gasteiger charge is 2.06. The molecule has 1 heterocycles. The molecular formula is C16H23N3O2. The molecule has 0 bridgehead atoms. The fraction of sp³-hybridized carbons (Fsp3) is 0.438. The summed E-state index contributed by atoms with van der Waals surface area (Å²) in [4.78, 5) is 0. The highest BCUT2D eigenvalue weighted by atomic mass is 16.5. The summed E-state index contributed by atoms with van der Waals surface area (Å²) in [6.07, 6.45) is 4.04. The molecule has 1 unspecified atom stereocenters. The van der Waals surface area contributed by atoms with Gasteiger partial charge >= 0.3 is 0 Å². The number of aromatic nitrogens is 2. The van der Waals surface area contributed by atoms with Crippen molar-refractivity contribution >= 4 is 0 Å². The third-order valence-electron chi connectivity index (χ3n) is 3.26. The number of nitrogens with one attached hydrogen (secondary N) is 1. The van der Waals surface area contributed by atoms with Gasteiger partial charge in [0.05, 0.1) is 25.5 Å². The fourth-order valence-electron chi connectivity index (χ4n) is 2.13. The monoisotopic (exact) mass is 289 g/mol. The van der Waals surface area contributed by atoms with E-state index in [1.807, 2.05) is 29.1 Å². The van der Waals surface area contributed by atoms with Gasteiger partial charge in [0.25, 0.3) is 0 Å². The van der Waals surface area contributed by atoms with Gasteiger partial charge in [-0.05, 0) is 5.56 Å². The van der Waals surface area contributed by atoms with Crippen LogP contribution in [0.1, 0.15) is 11.1 Å². The Balaban J connectivity index is 1.78. The van der Waals surface area contributed by atoms with Crippen LogP contribution in [0.15, 0.2) is 42.7 Å². The molecule has 2 rings (SSSR count). The van der Waals surface area contributed by atoms with Crippen LogP contribution in [-0.4, -0.2) is 43.3 Å². The Morgan fingerprint density at radius 1 is 1.19 bits per heavy atom. The Kier molecular flexibility index (Phi) is 6.40. The van der Waals surface area contributed by atoms with E-state index in [-0.39, 0.29) is 6.10 Å². The van der Waals surface area contributed by atoms with Crippen molar-refractivity contribution in [2.24, 2.45) is 0 Å². The molecule has 0 aliphatic carbocycles. The van der Waals surface area contributed by atoms with Gasteiger partial charge in [-0.2, -0.15) is 5.10 Å². The van der Waals surface area contributed by atoms with Crippen LogP contribution >= 0.6 is 0 Å². The average molecular weight is 289 g/mol. The van der Waals surface area contributed by atoms with Crippen LogP contribution in [0, 0.1) is 0 Å². The molecule has 1 atom stereocenters. The first kappa shape index (κ1) is 15.7. The van der Waals surface area contributed by atoms with Crippen molar-refractivity contribution in [2.45, 2.75) is 19.2 Å². The number of ether oxygens (including phenoxy) is 2. The summed E-state index contributed by atoms with van der Waals surface area (Å²) >= 11 is 0. The van der Waals surface area contributed by atoms with Crippen molar-refractivity contribution in [3.63, 3.8) is 0 Å². The molecule has 114 valence electrons. The SMILES string of the molecule is COCC(CNCc1cnn(Cc2ccccc2)c1)OC. The summed E-state index contributed by atoms with van der Waals surface area (Å²) in [5.74, 6) is 0. The lowest BCUT2D eigenvalue weighted by atomic mass is 10.2. The van der Waals surface area contributed by atoms with Crippen molar-refractivity contribution in [3.05, 3.63) is 53.9 Å². The van der Waals surface area contributed by atoms with Crippen LogP contribution in [0.2, 0.25) is 0 Å². The number of benzene rings is 1. The minimum Gasteiger partial charge on any atom is -0.382 e. The minimum absolute atomic E-state index is 0.0781. The van der Waals surface area contributed by atoms with E-state index in [1.165, 1.54) is 11.1 Å². The molecule has 0 spiro atoms. The number of hydrogen-bond donors (Lipinski definition) is 1. The van der Waals surface area contributed by atoms with Gasteiger partial charge in [-0.3, -0.25) is 4.68 Å². The predicted molar refractivity (Wildman–Crippen MR) is 82.2 cm³/mol. The molecule has 21 heavy (non-hydrogen) atoms. The molecule has 2 aromatic rings. The van der Waals surface area contributed by atoms with Crippen LogP contribution in [0.5, 0.6) is 0 Å². The van der Waals surface area contributed by atoms with Crippen molar-refractivity contribution in [1.82, 2.24) is 15.1 Å². The molecule has 0 fully saturated rings. The van der Waals surface area contributed by atoms with Crippen molar-refractivity contribution in [1.29, 1.82) is 0 Å². The van der Waals surface area contributed by atoms with Gasteiger partial charge in [-0.25, -0.2) is 0 Å². The topological polar surface area (TPSA) is 48.3 Å². The van der Waals surface area contributed by atoms with Crippen molar-refractivity contribution in [2.75, 3.05) is 27.4 Å². The van der Waals surface area contributed by atoms with E-state index in [0.29, 0.717) is 6.61 Å². The summed E-state index contributed by atoms with van der Waals surface area (Å²) in [6, 6.07) is 10.3. The summed E-state index contributed by atoms with van der Waals surface area (Å²) < 4.78 is 12.3. The largest absolute Gasteiger partial charge is 0.382 e. The Bertz CT molecular complexity index is 513. The Morgan fingerprint density at radius 2 is 2.00 bits per heavy atom. The number of hydrogen-bond acceptors (Lipinski definition) is 4. The molecule has 5 heteroatoms. The second-order valence-electron chi connectivity index (χ2n) is 4.98. The maximum atomic E-state index is 5.30. The van der Waals surface area contributed by atoms with Crippen molar-refractivity contribution < 1.29 is 9.47 Å². The lowest BCUT2D eigenvalue weighted by molar-refractivity contribution is 0.0288. The number of methoxy groups -OCH3 is 2. The van der Waals surface area contributed by atoms with Crippen LogP contribution in [0.25, 0.3) is 0 Å². The van der Waals surface area contributed by atoms with E-state index in [1.54, 1.807) is 14.2 Å². The predicted octanol–water partition coefficient (Wildman–Crippen LogP) is 1.68. The highest BCUT2D eigenvalue weighted by molar-refractivity contribution is 5.15. The molecular weight excluding hydrogens is 266 g/mol. The second kappa shape index (κ2) is 8.56. The van der Waals surface area contributed by atoms with Crippen LogP contribution in [0.4, 0.5) is 0 Å². The third kappa shape index (κ3) is 5.30. The van der Waals surface area contributed by atoms with Gasteiger partial charge in [0.2, 0.25) is 0 Å². The van der Waals surface area contributed by atoms with Crippen molar-refractivity contribution in [3.8, 4) is 0 Å². The fourth-order valence-corrected chi connectivity index (χ4v) is 2.13. The molecule has 0 aliphatic heterocycles. The molecule has 1 N–H and O–H groups in total. The third-order valence-corrected chi connectivity index (χ3v) is 3.26. The zero-order chi connectivity index (χ0) is 14.9. The summed E-state index contributed by atoms with van der Waals surface area (Å²) in [5, 5.41) is 7.74. The first-order chi connectivity index (χ1) is 10.3. The van der Waals surface area contributed by atoms with Crippen LogP contribution in [-0.2, 0) is 22.6 Å². The quantitative estimate of drug-likeness (QED) is 0.763. The Labute approximate surface area is 125 Å². The molecule has 1 aromatic carbocycles. The normalized spacial score (nSPS) is 12.5. The van der Waals surface area contributed by atoms with E-state index >= 15 is 0 Å². The van der Waals surface area contributed by atoms with Gasteiger partial charge in [0, 0.05) is 39.1 Å². The number of nitrogens with zero attached hydrogens (tertiary/aromatic N) is 2. The van der Waals surface area contributed by atoms with E-state index in [9.17, 15) is 0 Å². The van der Waals surface area contributed by atoms with E-state index < -0.39 is 0 Å². The minimum atomic E-state index is 0.0781. The molecule has 0 aliphatic rings. The molecule has 0 radical (unpaired) electrons. The Morgan fingerprint density at radius 3 is 2.71 bits per heavy atom. The van der Waals surface area contributed by atoms with Crippen LogP contribution < -0.4 is 5.32 Å². The van der Waals surface area contributed by atoms with Gasteiger partial charge in [-0.1, -0.05) is 30.3 Å². The summed E-state index contributed by atoms with van der Waals surface area (Å²) in [5.41, 5.74) is 2.41. The first-order valence-electron chi connectivity index (χ1n) is 7.09. The maximum Gasteiger partial charge on any atom is 0.0928 e.